The van der Waals surface area contributed by atoms with Crippen molar-refractivity contribution in [3.63, 3.8) is 0 Å². The third kappa shape index (κ3) is 3.12. The van der Waals surface area contributed by atoms with Gasteiger partial charge < -0.3 is 5.73 Å². The van der Waals surface area contributed by atoms with E-state index in [-0.39, 0.29) is 24.2 Å². The number of imide groups is 1. The van der Waals surface area contributed by atoms with Gasteiger partial charge in [0, 0.05) is 13.1 Å². The molecule has 2 N–H and O–H groups in total. The molecule has 1 aliphatic heterocycles. The van der Waals surface area contributed by atoms with E-state index in [9.17, 15) is 9.59 Å². The first-order valence-corrected chi connectivity index (χ1v) is 7.00. The topological polar surface area (TPSA) is 63.4 Å². The highest BCUT2D eigenvalue weighted by molar-refractivity contribution is 8.18. The molecule has 1 fully saturated rings. The summed E-state index contributed by atoms with van der Waals surface area (Å²) in [7, 11) is 0. The van der Waals surface area contributed by atoms with Gasteiger partial charge >= 0.3 is 0 Å². The summed E-state index contributed by atoms with van der Waals surface area (Å²) in [4.78, 5) is 25.1. The molecule has 0 saturated carbocycles. The Morgan fingerprint density at radius 1 is 1.26 bits per heavy atom. The minimum atomic E-state index is -0.327. The van der Waals surface area contributed by atoms with Crippen LogP contribution in [0.5, 0.6) is 0 Å². The van der Waals surface area contributed by atoms with E-state index in [1.54, 1.807) is 24.3 Å². The fourth-order valence-electron chi connectivity index (χ4n) is 1.58. The molecule has 0 spiro atoms. The van der Waals surface area contributed by atoms with E-state index >= 15 is 0 Å². The number of nitrogens with zero attached hydrogens (tertiary/aromatic N) is 1. The van der Waals surface area contributed by atoms with Crippen LogP contribution < -0.4 is 5.73 Å². The second-order valence-corrected chi connectivity index (χ2v) is 5.60. The van der Waals surface area contributed by atoms with Gasteiger partial charge in [0.15, 0.2) is 0 Å². The molecule has 100 valence electrons. The quantitative estimate of drug-likeness (QED) is 0.871. The molecule has 1 heterocycles. The van der Waals surface area contributed by atoms with Crippen molar-refractivity contribution in [3.05, 3.63) is 38.7 Å². The van der Waals surface area contributed by atoms with E-state index in [4.69, 9.17) is 28.9 Å². The van der Waals surface area contributed by atoms with Crippen LogP contribution in [-0.4, -0.2) is 29.1 Å². The van der Waals surface area contributed by atoms with Crippen LogP contribution >= 0.6 is 35.0 Å². The molecule has 0 unspecified atom stereocenters. The lowest BCUT2D eigenvalue weighted by Gasteiger charge is -2.09. The molecule has 1 aromatic carbocycles. The molecular formula is C12H10Cl2N2O2S. The van der Waals surface area contributed by atoms with Crippen molar-refractivity contribution >= 4 is 52.2 Å². The molecule has 2 rings (SSSR count). The molecule has 19 heavy (non-hydrogen) atoms. The molecule has 0 aliphatic carbocycles. The Morgan fingerprint density at radius 2 is 2.00 bits per heavy atom. The van der Waals surface area contributed by atoms with Crippen molar-refractivity contribution in [1.29, 1.82) is 0 Å². The molecular weight excluding hydrogens is 307 g/mol. The van der Waals surface area contributed by atoms with Gasteiger partial charge in [-0.2, -0.15) is 0 Å². The highest BCUT2D eigenvalue weighted by Gasteiger charge is 2.34. The third-order valence-corrected chi connectivity index (χ3v) is 4.11. The maximum atomic E-state index is 12.0. The van der Waals surface area contributed by atoms with Gasteiger partial charge in [0.05, 0.1) is 15.0 Å². The highest BCUT2D eigenvalue weighted by atomic mass is 35.5. The Balaban J connectivity index is 2.27. The summed E-state index contributed by atoms with van der Waals surface area (Å²) < 4.78 is 0. The predicted molar refractivity (Wildman–Crippen MR) is 78.2 cm³/mol. The summed E-state index contributed by atoms with van der Waals surface area (Å²) in [5.74, 6) is -0.327. The van der Waals surface area contributed by atoms with E-state index in [1.807, 2.05) is 0 Å². The molecule has 0 bridgehead atoms. The molecule has 7 heteroatoms. The Labute approximate surface area is 124 Å². The van der Waals surface area contributed by atoms with Crippen molar-refractivity contribution in [2.75, 3.05) is 13.1 Å². The summed E-state index contributed by atoms with van der Waals surface area (Å²) in [5.41, 5.74) is 6.08. The van der Waals surface area contributed by atoms with Crippen LogP contribution in [-0.2, 0) is 4.79 Å². The minimum Gasteiger partial charge on any atom is -0.329 e. The molecule has 1 aliphatic rings. The first kappa shape index (κ1) is 14.4. The first-order valence-electron chi connectivity index (χ1n) is 5.43. The average Bonchev–Trinajstić information content (AvgIpc) is 2.62. The lowest BCUT2D eigenvalue weighted by atomic mass is 10.2. The summed E-state index contributed by atoms with van der Waals surface area (Å²) in [6, 6.07) is 5.01. The second-order valence-electron chi connectivity index (χ2n) is 3.80. The maximum Gasteiger partial charge on any atom is 0.293 e. The average molecular weight is 317 g/mol. The smallest absolute Gasteiger partial charge is 0.293 e. The van der Waals surface area contributed by atoms with Gasteiger partial charge in [-0.1, -0.05) is 29.3 Å². The van der Waals surface area contributed by atoms with E-state index in [2.05, 4.69) is 0 Å². The molecule has 0 atom stereocenters. The van der Waals surface area contributed by atoms with Gasteiger partial charge in [0.2, 0.25) is 0 Å². The maximum absolute atomic E-state index is 12.0. The molecule has 2 amide bonds. The number of carbonyl (C=O) groups is 2. The Kier molecular flexibility index (Phi) is 4.52. The van der Waals surface area contributed by atoms with Crippen LogP contribution in [0.4, 0.5) is 4.79 Å². The van der Waals surface area contributed by atoms with E-state index < -0.39 is 0 Å². The van der Waals surface area contributed by atoms with Crippen LogP contribution in [0.3, 0.4) is 0 Å². The molecule has 1 saturated heterocycles. The lowest BCUT2D eigenvalue weighted by Crippen LogP contribution is -2.33. The Morgan fingerprint density at radius 3 is 2.63 bits per heavy atom. The number of hydrogen-bond donors (Lipinski definition) is 1. The lowest BCUT2D eigenvalue weighted by molar-refractivity contribution is -0.122. The van der Waals surface area contributed by atoms with Gasteiger partial charge in [0.25, 0.3) is 11.1 Å². The number of halogens is 2. The summed E-state index contributed by atoms with van der Waals surface area (Å²) in [6.45, 7) is 0.474. The molecule has 0 radical (unpaired) electrons. The summed E-state index contributed by atoms with van der Waals surface area (Å²) in [6.07, 6.45) is 1.61. The van der Waals surface area contributed by atoms with Crippen LogP contribution in [0.15, 0.2) is 23.1 Å². The number of nitrogens with two attached hydrogens (primary N) is 1. The largest absolute Gasteiger partial charge is 0.329 e. The van der Waals surface area contributed by atoms with Gasteiger partial charge in [-0.15, -0.1) is 0 Å². The van der Waals surface area contributed by atoms with Crippen molar-refractivity contribution in [3.8, 4) is 0 Å². The number of carbonyl (C=O) groups excluding carboxylic acids is 2. The van der Waals surface area contributed by atoms with E-state index in [1.165, 1.54) is 0 Å². The Bertz CT molecular complexity index is 575. The van der Waals surface area contributed by atoms with Crippen LogP contribution in [0.2, 0.25) is 10.0 Å². The number of amides is 2. The summed E-state index contributed by atoms with van der Waals surface area (Å²) >= 11 is 12.6. The third-order valence-electron chi connectivity index (χ3n) is 2.47. The normalized spacial score (nSPS) is 17.6. The number of rotatable bonds is 3. The van der Waals surface area contributed by atoms with Gasteiger partial charge in [-0.3, -0.25) is 14.5 Å². The number of benzene rings is 1. The van der Waals surface area contributed by atoms with Crippen LogP contribution in [0, 0.1) is 0 Å². The molecule has 1 aromatic rings. The number of hydrogen-bond acceptors (Lipinski definition) is 4. The first-order chi connectivity index (χ1) is 9.02. The zero-order valence-corrected chi connectivity index (χ0v) is 12.1. The fraction of sp³-hybridized carbons (Fsp3) is 0.167. The van der Waals surface area contributed by atoms with E-state index in [0.717, 1.165) is 16.7 Å². The summed E-state index contributed by atoms with van der Waals surface area (Å²) in [5, 5.41) is 0.536. The molecule has 4 nitrogen and oxygen atoms in total. The van der Waals surface area contributed by atoms with Crippen molar-refractivity contribution in [2.24, 2.45) is 5.73 Å². The van der Waals surface area contributed by atoms with Gasteiger partial charge in [-0.25, -0.2) is 0 Å². The number of thioether (sulfide) groups is 1. The zero-order chi connectivity index (χ0) is 14.0. The standard InChI is InChI=1S/C12H10Cl2N2O2S/c13-8-2-1-7(5-9(8)14)6-10-11(17)16(4-3-15)12(18)19-10/h1-2,5-6H,3-4,15H2/b10-6-. The van der Waals surface area contributed by atoms with Crippen LogP contribution in [0.1, 0.15) is 5.56 Å². The van der Waals surface area contributed by atoms with Gasteiger partial charge in [0.1, 0.15) is 0 Å². The highest BCUT2D eigenvalue weighted by Crippen LogP contribution is 2.32. The zero-order valence-electron chi connectivity index (χ0n) is 9.73. The molecule has 0 aromatic heterocycles. The SMILES string of the molecule is NCCN1C(=O)S/C(=C\c2ccc(Cl)c(Cl)c2)C1=O. The Hall–Kier alpha value is -1.01. The minimum absolute atomic E-state index is 0.226. The monoisotopic (exact) mass is 316 g/mol. The van der Waals surface area contributed by atoms with Gasteiger partial charge in [-0.05, 0) is 35.5 Å². The predicted octanol–water partition coefficient (Wildman–Crippen LogP) is 2.99. The van der Waals surface area contributed by atoms with Crippen LogP contribution in [0.25, 0.3) is 6.08 Å². The fourth-order valence-corrected chi connectivity index (χ4v) is 2.75. The van der Waals surface area contributed by atoms with E-state index in [0.29, 0.717) is 20.5 Å². The second kappa shape index (κ2) is 5.96. The van der Waals surface area contributed by atoms with Crippen molar-refractivity contribution in [2.45, 2.75) is 0 Å². The van der Waals surface area contributed by atoms with Crippen molar-refractivity contribution < 1.29 is 9.59 Å². The van der Waals surface area contributed by atoms with Crippen molar-refractivity contribution in [1.82, 2.24) is 4.90 Å².